The van der Waals surface area contributed by atoms with Gasteiger partial charge in [0.1, 0.15) is 6.10 Å². The van der Waals surface area contributed by atoms with Crippen LogP contribution in [0, 0.1) is 44.8 Å². The SMILES string of the molecule is CC(C)C1=C2CCCC3C(C)(CCC4(N)C(C)(C)C(OC(=O)CC(C)(C)C(=O)O)CCC34C)C(C)CCC2(C(=O)CN(Cc2ccc(Cl)cc2)Cc2ccc(Cl)cc2)CC1=O. The number of carboxylic acid groups (broad SMARTS) is 1. The van der Waals surface area contributed by atoms with Gasteiger partial charge in [-0.3, -0.25) is 24.1 Å². The van der Waals surface area contributed by atoms with Crippen molar-refractivity contribution in [3.63, 3.8) is 0 Å². The molecule has 0 spiro atoms. The van der Waals surface area contributed by atoms with Crippen LogP contribution in [0.2, 0.25) is 10.0 Å². The number of halogens is 2. The molecular formula is C51H70Cl2N2O6. The molecule has 7 atom stereocenters. The first kappa shape index (κ1) is 47.4. The highest BCUT2D eigenvalue weighted by Crippen LogP contribution is 2.69. The average molecular weight is 878 g/mol. The van der Waals surface area contributed by atoms with Gasteiger partial charge in [0, 0.05) is 40.5 Å². The Labute approximate surface area is 374 Å². The number of ether oxygens (including phenoxy) is 1. The standard InChI is InChI=1S/C51H70Cl2N2O6/c1-32(2)44-38-11-10-12-40-48(8,25-26-51(54)47(6,7)42(22-23-49(40,51)9)61-43(58)28-46(4,5)45(59)60)33(3)21-24-50(38,27-39(44)56)41(57)31-55(29-34-13-17-36(52)18-14-34)30-35-15-19-37(53)20-16-35/h13-20,32-33,40,42H,10-12,21-31,54H2,1-9H3,(H,59,60). The van der Waals surface area contributed by atoms with Gasteiger partial charge in [-0.05, 0) is 147 Å². The van der Waals surface area contributed by atoms with Crippen molar-refractivity contribution in [2.45, 2.75) is 158 Å². The van der Waals surface area contributed by atoms with Gasteiger partial charge in [-0.25, -0.2) is 0 Å². The van der Waals surface area contributed by atoms with Crippen molar-refractivity contribution in [2.24, 2.45) is 50.6 Å². The molecule has 4 aliphatic carbocycles. The summed E-state index contributed by atoms with van der Waals surface area (Å²) in [6.45, 7) is 20.1. The maximum Gasteiger partial charge on any atom is 0.309 e. The number of fused-ring (bicyclic) bond motifs is 4. The van der Waals surface area contributed by atoms with Gasteiger partial charge < -0.3 is 15.6 Å². The van der Waals surface area contributed by atoms with E-state index in [0.29, 0.717) is 42.4 Å². The van der Waals surface area contributed by atoms with E-state index in [0.717, 1.165) is 60.8 Å². The molecule has 0 saturated heterocycles. The number of Topliss-reactive ketones (excluding diaryl/α,β-unsaturated/α-hetero) is 2. The highest BCUT2D eigenvalue weighted by molar-refractivity contribution is 6.30. The molecule has 3 fully saturated rings. The second-order valence-electron chi connectivity index (χ2n) is 21.4. The molecule has 6 rings (SSSR count). The van der Waals surface area contributed by atoms with Gasteiger partial charge >= 0.3 is 11.9 Å². The first-order valence-corrected chi connectivity index (χ1v) is 23.4. The molecule has 3 saturated carbocycles. The number of nitrogens with zero attached hydrogens (tertiary/aromatic N) is 1. The Morgan fingerprint density at radius 3 is 2.00 bits per heavy atom. The van der Waals surface area contributed by atoms with Gasteiger partial charge in [0.05, 0.1) is 23.8 Å². The smallest absolute Gasteiger partial charge is 0.309 e. The zero-order chi connectivity index (χ0) is 44.9. The van der Waals surface area contributed by atoms with Crippen molar-refractivity contribution < 1.29 is 29.0 Å². The van der Waals surface area contributed by atoms with Crippen LogP contribution in [0.4, 0.5) is 0 Å². The van der Waals surface area contributed by atoms with Crippen LogP contribution >= 0.6 is 23.2 Å². The van der Waals surface area contributed by atoms with Crippen molar-refractivity contribution in [1.29, 1.82) is 0 Å². The van der Waals surface area contributed by atoms with Gasteiger partial charge in [0.2, 0.25) is 0 Å². The molecule has 0 heterocycles. The number of esters is 1. The third-order valence-electron chi connectivity index (χ3n) is 16.8. The topological polar surface area (TPSA) is 127 Å². The zero-order valence-corrected chi connectivity index (χ0v) is 39.6. The fourth-order valence-corrected chi connectivity index (χ4v) is 12.9. The molecule has 3 N–H and O–H groups in total. The fourth-order valence-electron chi connectivity index (χ4n) is 12.7. The highest BCUT2D eigenvalue weighted by atomic mass is 35.5. The van der Waals surface area contributed by atoms with Crippen molar-refractivity contribution in [3.05, 3.63) is 80.8 Å². The third kappa shape index (κ3) is 8.78. The molecule has 0 aliphatic heterocycles. The molecule has 4 aliphatic rings. The van der Waals surface area contributed by atoms with Gasteiger partial charge in [0.15, 0.2) is 11.6 Å². The molecule has 334 valence electrons. The number of allylic oxidation sites excluding steroid dienone is 2. The average Bonchev–Trinajstić information content (AvgIpc) is 3.47. The van der Waals surface area contributed by atoms with E-state index in [2.05, 4.69) is 53.4 Å². The molecule has 0 radical (unpaired) electrons. The monoisotopic (exact) mass is 876 g/mol. The fraction of sp³-hybridized carbons (Fsp3) is 0.647. The minimum absolute atomic E-state index is 0.00536. The number of benzene rings is 2. The molecule has 0 bridgehead atoms. The number of hydrogen-bond donors (Lipinski definition) is 2. The minimum atomic E-state index is -1.23. The lowest BCUT2D eigenvalue weighted by atomic mass is 9.37. The summed E-state index contributed by atoms with van der Waals surface area (Å²) >= 11 is 12.5. The van der Waals surface area contributed by atoms with E-state index in [-0.39, 0.29) is 59.5 Å². The molecule has 8 nitrogen and oxygen atoms in total. The number of rotatable bonds is 12. The number of hydrogen-bond acceptors (Lipinski definition) is 7. The van der Waals surface area contributed by atoms with Crippen LogP contribution in [0.5, 0.6) is 0 Å². The van der Waals surface area contributed by atoms with Crippen LogP contribution in [0.25, 0.3) is 0 Å². The van der Waals surface area contributed by atoms with Crippen LogP contribution in [0.3, 0.4) is 0 Å². The molecule has 0 aromatic heterocycles. The van der Waals surface area contributed by atoms with E-state index < -0.39 is 39.8 Å². The normalized spacial score (nSPS) is 31.6. The van der Waals surface area contributed by atoms with Crippen molar-refractivity contribution in [1.82, 2.24) is 4.90 Å². The summed E-state index contributed by atoms with van der Waals surface area (Å²) in [5.41, 5.74) is 8.15. The van der Waals surface area contributed by atoms with E-state index >= 15 is 4.79 Å². The number of nitrogens with two attached hydrogens (primary N) is 1. The van der Waals surface area contributed by atoms with Crippen LogP contribution < -0.4 is 5.73 Å². The van der Waals surface area contributed by atoms with Gasteiger partial charge in [-0.1, -0.05) is 95.9 Å². The van der Waals surface area contributed by atoms with Crippen LogP contribution in [0.15, 0.2) is 59.7 Å². The molecular weight excluding hydrogens is 807 g/mol. The second kappa shape index (κ2) is 17.5. The molecule has 2 aromatic carbocycles. The number of aliphatic carboxylic acids is 1. The summed E-state index contributed by atoms with van der Waals surface area (Å²) in [5.74, 6) is -0.776. The van der Waals surface area contributed by atoms with E-state index in [1.54, 1.807) is 13.8 Å². The molecule has 0 amide bonds. The second-order valence-corrected chi connectivity index (χ2v) is 22.3. The first-order valence-electron chi connectivity index (χ1n) is 22.6. The van der Waals surface area contributed by atoms with Crippen molar-refractivity contribution >= 4 is 46.7 Å². The lowest BCUT2D eigenvalue weighted by Gasteiger charge is -2.70. The Kier molecular flexibility index (Phi) is 13.6. The number of ketones is 2. The zero-order valence-electron chi connectivity index (χ0n) is 38.1. The summed E-state index contributed by atoms with van der Waals surface area (Å²) in [5, 5.41) is 11.0. The lowest BCUT2D eigenvalue weighted by molar-refractivity contribution is -0.211. The Bertz CT molecular complexity index is 1980. The van der Waals surface area contributed by atoms with E-state index in [1.165, 1.54) is 0 Å². The van der Waals surface area contributed by atoms with Gasteiger partial charge in [-0.2, -0.15) is 0 Å². The number of carbonyl (C=O) groups excluding carboxylic acids is 3. The third-order valence-corrected chi connectivity index (χ3v) is 17.3. The molecule has 10 heteroatoms. The highest BCUT2D eigenvalue weighted by Gasteiger charge is 2.69. The van der Waals surface area contributed by atoms with Crippen molar-refractivity contribution in [2.75, 3.05) is 6.54 Å². The van der Waals surface area contributed by atoms with E-state index in [9.17, 15) is 19.5 Å². The van der Waals surface area contributed by atoms with E-state index in [1.807, 2.05) is 48.5 Å². The number of carbonyl (C=O) groups is 4. The van der Waals surface area contributed by atoms with Crippen LogP contribution in [-0.2, 0) is 37.0 Å². The van der Waals surface area contributed by atoms with Crippen LogP contribution in [0.1, 0.15) is 144 Å². The predicted octanol–water partition coefficient (Wildman–Crippen LogP) is 11.4. The summed E-state index contributed by atoms with van der Waals surface area (Å²) in [7, 11) is 0. The Hall–Kier alpha value is -3.04. The maximum atomic E-state index is 15.4. The predicted molar refractivity (Wildman–Crippen MR) is 243 cm³/mol. The minimum Gasteiger partial charge on any atom is -0.481 e. The van der Waals surface area contributed by atoms with Crippen LogP contribution in [-0.4, -0.2) is 51.7 Å². The molecule has 7 unspecified atom stereocenters. The Balaban J connectivity index is 1.31. The summed E-state index contributed by atoms with van der Waals surface area (Å²) < 4.78 is 6.18. The summed E-state index contributed by atoms with van der Waals surface area (Å²) in [4.78, 5) is 56.9. The molecule has 61 heavy (non-hydrogen) atoms. The quantitative estimate of drug-likeness (QED) is 0.202. The van der Waals surface area contributed by atoms with Gasteiger partial charge in [0.25, 0.3) is 0 Å². The van der Waals surface area contributed by atoms with Crippen molar-refractivity contribution in [3.8, 4) is 0 Å². The lowest BCUT2D eigenvalue weighted by Crippen LogP contribution is -2.75. The summed E-state index contributed by atoms with van der Waals surface area (Å²) in [6, 6.07) is 15.6. The van der Waals surface area contributed by atoms with Gasteiger partial charge in [-0.15, -0.1) is 0 Å². The number of carboxylic acids is 1. The summed E-state index contributed by atoms with van der Waals surface area (Å²) in [6.07, 6.45) is 6.59. The largest absolute Gasteiger partial charge is 0.481 e. The maximum absolute atomic E-state index is 15.4. The first-order chi connectivity index (χ1) is 28.4. The van der Waals surface area contributed by atoms with E-state index in [4.69, 9.17) is 33.7 Å². The Morgan fingerprint density at radius 2 is 1.46 bits per heavy atom. The molecule has 2 aromatic rings. The Morgan fingerprint density at radius 1 is 0.885 bits per heavy atom.